The average Bonchev–Trinajstić information content (AvgIpc) is 1.90. The average molecular weight is 125 g/mol. The molecule has 9 heavy (non-hydrogen) atoms. The van der Waals surface area contributed by atoms with Gasteiger partial charge in [-0.1, -0.05) is 30.4 Å². The molecule has 1 aliphatic carbocycles. The van der Waals surface area contributed by atoms with Crippen molar-refractivity contribution in [2.24, 2.45) is 5.92 Å². The zero-order chi connectivity index (χ0) is 6.69. The van der Waals surface area contributed by atoms with Crippen LogP contribution in [-0.4, -0.2) is 17.8 Å². The van der Waals surface area contributed by atoms with Gasteiger partial charge in [0.25, 0.3) is 0 Å². The van der Waals surface area contributed by atoms with Gasteiger partial charge in [0.05, 0.1) is 6.61 Å². The molecule has 0 aromatic rings. The predicted octanol–water partition coefficient (Wildman–Crippen LogP) is -0.550. The fraction of sp³-hybridized carbons (Fsp3) is 0.429. The van der Waals surface area contributed by atoms with Gasteiger partial charge in [0.15, 0.2) is 0 Å². The molecular weight excluding hydrogens is 116 g/mol. The number of rotatable bonds is 1. The van der Waals surface area contributed by atoms with E-state index >= 15 is 0 Å². The molecule has 0 spiro atoms. The van der Waals surface area contributed by atoms with E-state index in [0.29, 0.717) is 0 Å². The van der Waals surface area contributed by atoms with E-state index in [1.54, 1.807) is 24.3 Å². The molecule has 0 aromatic heterocycles. The van der Waals surface area contributed by atoms with Crippen molar-refractivity contribution in [2.75, 3.05) is 6.61 Å². The summed E-state index contributed by atoms with van der Waals surface area (Å²) in [5.74, 6) is 0.0650. The Balaban J connectivity index is 2.48. The van der Waals surface area contributed by atoms with Gasteiger partial charge in [-0.05, 0) is 0 Å². The second-order valence-electron chi connectivity index (χ2n) is 2.08. The fourth-order valence-electron chi connectivity index (χ4n) is 0.754. The molecule has 0 saturated carbocycles. The molecule has 0 unspecified atom stereocenters. The molecule has 0 heterocycles. The van der Waals surface area contributed by atoms with Crippen molar-refractivity contribution in [3.05, 3.63) is 24.3 Å². The number of hydrogen-bond donors (Lipinski definition) is 1. The Morgan fingerprint density at radius 3 is 2.22 bits per heavy atom. The number of hydrogen-bond acceptors (Lipinski definition) is 2. The maximum absolute atomic E-state index is 10.6. The fourth-order valence-corrected chi connectivity index (χ4v) is 0.754. The Kier molecular flexibility index (Phi) is 2.03. The van der Waals surface area contributed by atoms with Crippen LogP contribution in [0.25, 0.3) is 0 Å². The summed E-state index contributed by atoms with van der Waals surface area (Å²) in [6, 6.07) is 0. The van der Waals surface area contributed by atoms with E-state index in [9.17, 15) is 5.11 Å². The summed E-state index contributed by atoms with van der Waals surface area (Å²) in [4.78, 5) is 0. The Morgan fingerprint density at radius 2 is 1.78 bits per heavy atom. The first-order chi connectivity index (χ1) is 4.33. The topological polar surface area (TPSA) is 43.3 Å². The maximum atomic E-state index is 10.6. The van der Waals surface area contributed by atoms with Gasteiger partial charge in [-0.15, -0.1) is 0 Å². The quantitative estimate of drug-likeness (QED) is 0.478. The Bertz CT molecular complexity index is 124. The normalized spacial score (nSPS) is 33.1. The molecule has 50 valence electrons. The van der Waals surface area contributed by atoms with Gasteiger partial charge in [-0.25, -0.2) is 0 Å². The third-order valence-electron chi connectivity index (χ3n) is 1.31. The maximum Gasteiger partial charge on any atom is 0.0528 e. The first kappa shape index (κ1) is 6.52. The highest BCUT2D eigenvalue weighted by Gasteiger charge is 1.99. The van der Waals surface area contributed by atoms with Crippen molar-refractivity contribution < 1.29 is 10.2 Å². The molecule has 0 atom stereocenters. The molecule has 0 bridgehead atoms. The summed E-state index contributed by atoms with van der Waals surface area (Å²) in [6.45, 7) is 0.0969. The van der Waals surface area contributed by atoms with Crippen LogP contribution in [0.3, 0.4) is 0 Å². The standard InChI is InChI=1S/C7H9O2/c8-5-6-1-3-7(9)4-2-6/h1-4,6-8H,5H2/q-1. The lowest BCUT2D eigenvalue weighted by molar-refractivity contribution is -0.387. The molecule has 1 N–H and O–H groups in total. The molecule has 0 aliphatic heterocycles. The molecule has 0 saturated heterocycles. The lowest BCUT2D eigenvalue weighted by Crippen LogP contribution is -2.22. The third-order valence-corrected chi connectivity index (χ3v) is 1.31. The van der Waals surface area contributed by atoms with Crippen LogP contribution in [0.4, 0.5) is 0 Å². The minimum Gasteiger partial charge on any atom is -0.846 e. The predicted molar refractivity (Wildman–Crippen MR) is 32.6 cm³/mol. The van der Waals surface area contributed by atoms with Crippen LogP contribution in [0, 0.1) is 5.92 Å². The van der Waals surface area contributed by atoms with E-state index in [1.807, 2.05) is 0 Å². The zero-order valence-electron chi connectivity index (χ0n) is 5.03. The van der Waals surface area contributed by atoms with Crippen molar-refractivity contribution in [3.63, 3.8) is 0 Å². The molecular formula is C7H9O2-. The van der Waals surface area contributed by atoms with Crippen LogP contribution in [0.5, 0.6) is 0 Å². The van der Waals surface area contributed by atoms with Gasteiger partial charge in [0.1, 0.15) is 0 Å². The largest absolute Gasteiger partial charge is 0.846 e. The van der Waals surface area contributed by atoms with Crippen LogP contribution < -0.4 is 5.11 Å². The summed E-state index contributed by atoms with van der Waals surface area (Å²) in [6.07, 6.45) is 5.88. The summed E-state index contributed by atoms with van der Waals surface area (Å²) >= 11 is 0. The lowest BCUT2D eigenvalue weighted by atomic mass is 10.0. The van der Waals surface area contributed by atoms with Gasteiger partial charge in [0, 0.05) is 5.92 Å². The highest BCUT2D eigenvalue weighted by molar-refractivity contribution is 5.13. The molecule has 1 aliphatic rings. The van der Waals surface area contributed by atoms with E-state index < -0.39 is 6.10 Å². The second-order valence-corrected chi connectivity index (χ2v) is 2.08. The van der Waals surface area contributed by atoms with E-state index in [4.69, 9.17) is 5.11 Å². The summed E-state index contributed by atoms with van der Waals surface area (Å²) in [7, 11) is 0. The van der Waals surface area contributed by atoms with Crippen LogP contribution in [0.2, 0.25) is 0 Å². The molecule has 2 heteroatoms. The molecule has 0 amide bonds. The van der Waals surface area contributed by atoms with Gasteiger partial charge >= 0.3 is 0 Å². The highest BCUT2D eigenvalue weighted by Crippen LogP contribution is 2.06. The minimum atomic E-state index is -0.701. The summed E-state index contributed by atoms with van der Waals surface area (Å²) in [5.41, 5.74) is 0. The Labute approximate surface area is 54.1 Å². The van der Waals surface area contributed by atoms with E-state index in [-0.39, 0.29) is 12.5 Å². The SMILES string of the molecule is [O-]C1C=CC(CO)C=C1. The molecule has 2 nitrogen and oxygen atoms in total. The Morgan fingerprint density at radius 1 is 1.22 bits per heavy atom. The summed E-state index contributed by atoms with van der Waals surface area (Å²) in [5, 5.41) is 19.1. The molecule has 0 fully saturated rings. The monoisotopic (exact) mass is 125 g/mol. The van der Waals surface area contributed by atoms with E-state index in [0.717, 1.165) is 0 Å². The lowest BCUT2D eigenvalue weighted by Gasteiger charge is -2.18. The zero-order valence-corrected chi connectivity index (χ0v) is 5.03. The van der Waals surface area contributed by atoms with Crippen LogP contribution >= 0.6 is 0 Å². The second kappa shape index (κ2) is 2.80. The van der Waals surface area contributed by atoms with Gasteiger partial charge in [0.2, 0.25) is 0 Å². The number of aliphatic hydroxyl groups excluding tert-OH is 1. The van der Waals surface area contributed by atoms with E-state index in [2.05, 4.69) is 0 Å². The van der Waals surface area contributed by atoms with Gasteiger partial charge < -0.3 is 10.2 Å². The third kappa shape index (κ3) is 1.66. The first-order valence-electron chi connectivity index (χ1n) is 2.96. The molecule has 0 radical (unpaired) electrons. The molecule has 1 rings (SSSR count). The Hall–Kier alpha value is -0.600. The highest BCUT2D eigenvalue weighted by atomic mass is 16.3. The van der Waals surface area contributed by atoms with Crippen LogP contribution in [0.15, 0.2) is 24.3 Å². The number of aliphatic hydroxyl groups is 1. The van der Waals surface area contributed by atoms with Crippen molar-refractivity contribution in [3.8, 4) is 0 Å². The first-order valence-corrected chi connectivity index (χ1v) is 2.96. The van der Waals surface area contributed by atoms with Crippen molar-refractivity contribution >= 4 is 0 Å². The molecule has 0 aromatic carbocycles. The summed E-state index contributed by atoms with van der Waals surface area (Å²) < 4.78 is 0. The van der Waals surface area contributed by atoms with E-state index in [1.165, 1.54) is 0 Å². The smallest absolute Gasteiger partial charge is 0.0528 e. The van der Waals surface area contributed by atoms with Gasteiger partial charge in [-0.2, -0.15) is 0 Å². The van der Waals surface area contributed by atoms with Crippen LogP contribution in [0.1, 0.15) is 0 Å². The van der Waals surface area contributed by atoms with Crippen molar-refractivity contribution in [1.29, 1.82) is 0 Å². The van der Waals surface area contributed by atoms with Crippen LogP contribution in [-0.2, 0) is 0 Å². The van der Waals surface area contributed by atoms with Crippen molar-refractivity contribution in [2.45, 2.75) is 6.10 Å². The van der Waals surface area contributed by atoms with Crippen molar-refractivity contribution in [1.82, 2.24) is 0 Å². The van der Waals surface area contributed by atoms with Gasteiger partial charge in [-0.3, -0.25) is 0 Å². The minimum absolute atomic E-state index is 0.0650.